The number of hydrogen-bond acceptors (Lipinski definition) is 4. The highest BCUT2D eigenvalue weighted by Crippen LogP contribution is 2.45. The van der Waals surface area contributed by atoms with Crippen molar-refractivity contribution in [1.29, 1.82) is 0 Å². The van der Waals surface area contributed by atoms with Gasteiger partial charge in [-0.25, -0.2) is 0 Å². The van der Waals surface area contributed by atoms with Gasteiger partial charge in [0, 0.05) is 51.1 Å². The number of carbonyl (C=O) groups is 1. The number of nitrogens with zero attached hydrogens (tertiary/aromatic N) is 3. The first kappa shape index (κ1) is 18.1. The number of hydrogen-bond donors (Lipinski definition) is 0. The van der Waals surface area contributed by atoms with Crippen molar-refractivity contribution in [2.75, 3.05) is 32.8 Å². The molecule has 0 spiro atoms. The van der Waals surface area contributed by atoms with Crippen molar-refractivity contribution >= 4 is 5.91 Å². The van der Waals surface area contributed by atoms with Crippen molar-refractivity contribution in [3.8, 4) is 0 Å². The summed E-state index contributed by atoms with van der Waals surface area (Å²) in [7, 11) is 0. The summed E-state index contributed by atoms with van der Waals surface area (Å²) in [5.74, 6) is 1.10. The Morgan fingerprint density at radius 1 is 1.11 bits per heavy atom. The molecule has 27 heavy (non-hydrogen) atoms. The zero-order chi connectivity index (χ0) is 18.6. The zero-order valence-corrected chi connectivity index (χ0v) is 15.8. The lowest BCUT2D eigenvalue weighted by molar-refractivity contribution is -0.137. The van der Waals surface area contributed by atoms with Gasteiger partial charge in [-0.1, -0.05) is 30.3 Å². The summed E-state index contributed by atoms with van der Waals surface area (Å²) < 4.78 is 5.41. The molecule has 1 amide bonds. The number of rotatable bonds is 6. The molecule has 3 atom stereocenters. The van der Waals surface area contributed by atoms with E-state index in [1.165, 1.54) is 11.1 Å². The van der Waals surface area contributed by atoms with Crippen LogP contribution in [0.5, 0.6) is 0 Å². The number of carbonyl (C=O) groups excluding carboxylic acids is 1. The van der Waals surface area contributed by atoms with Crippen LogP contribution in [-0.2, 0) is 16.1 Å². The van der Waals surface area contributed by atoms with Crippen molar-refractivity contribution in [2.24, 2.45) is 11.8 Å². The second-order valence-electron chi connectivity index (χ2n) is 7.51. The summed E-state index contributed by atoms with van der Waals surface area (Å²) in [5.41, 5.74) is 2.53. The van der Waals surface area contributed by atoms with Crippen molar-refractivity contribution in [2.45, 2.75) is 19.5 Å². The van der Waals surface area contributed by atoms with Crippen LogP contribution in [0.3, 0.4) is 0 Å². The van der Waals surface area contributed by atoms with Gasteiger partial charge in [0.2, 0.25) is 5.91 Å². The van der Waals surface area contributed by atoms with E-state index in [0.29, 0.717) is 18.4 Å². The Morgan fingerprint density at radius 3 is 2.63 bits per heavy atom. The Bertz CT molecular complexity index is 753. The molecule has 1 aromatic carbocycles. The molecule has 5 nitrogen and oxygen atoms in total. The van der Waals surface area contributed by atoms with Crippen LogP contribution < -0.4 is 0 Å². The standard InChI is InChI=1S/C22H27N3O2/c1-2-27-16-21(26)25-14-19-13-24(12-17-8-10-23-11-9-17)15-20(19)22(25)18-6-4-3-5-7-18/h3-11,19-20,22H,2,12-16H2,1H3/t19-,20-,22+/m0/s1. The highest BCUT2D eigenvalue weighted by atomic mass is 16.5. The minimum Gasteiger partial charge on any atom is -0.372 e. The number of fused-ring (bicyclic) bond motifs is 1. The number of amides is 1. The second-order valence-corrected chi connectivity index (χ2v) is 7.51. The third-order valence-electron chi connectivity index (χ3n) is 5.79. The zero-order valence-electron chi connectivity index (χ0n) is 15.8. The molecule has 2 aromatic rings. The van der Waals surface area contributed by atoms with E-state index >= 15 is 0 Å². The average Bonchev–Trinajstić information content (AvgIpc) is 3.24. The van der Waals surface area contributed by atoms with Crippen LogP contribution in [0.4, 0.5) is 0 Å². The topological polar surface area (TPSA) is 45.7 Å². The lowest BCUT2D eigenvalue weighted by Gasteiger charge is -2.30. The fourth-order valence-electron chi connectivity index (χ4n) is 4.62. The fourth-order valence-corrected chi connectivity index (χ4v) is 4.62. The maximum Gasteiger partial charge on any atom is 0.249 e. The van der Waals surface area contributed by atoms with E-state index in [-0.39, 0.29) is 18.6 Å². The van der Waals surface area contributed by atoms with E-state index in [9.17, 15) is 4.79 Å². The van der Waals surface area contributed by atoms with Gasteiger partial charge in [-0.15, -0.1) is 0 Å². The molecule has 0 bridgehead atoms. The van der Waals surface area contributed by atoms with Gasteiger partial charge in [-0.3, -0.25) is 14.7 Å². The molecule has 2 aliphatic rings. The first-order valence-electron chi connectivity index (χ1n) is 9.79. The predicted molar refractivity (Wildman–Crippen MR) is 104 cm³/mol. The Labute approximate surface area is 161 Å². The Balaban J connectivity index is 1.52. The van der Waals surface area contributed by atoms with Gasteiger partial charge in [-0.2, -0.15) is 0 Å². The van der Waals surface area contributed by atoms with Crippen LogP contribution in [-0.4, -0.2) is 53.5 Å². The predicted octanol–water partition coefficient (Wildman–Crippen LogP) is 2.75. The summed E-state index contributed by atoms with van der Waals surface area (Å²) in [6.45, 7) is 6.51. The highest BCUT2D eigenvalue weighted by molar-refractivity contribution is 5.78. The smallest absolute Gasteiger partial charge is 0.249 e. The number of pyridine rings is 1. The third-order valence-corrected chi connectivity index (χ3v) is 5.79. The Hall–Kier alpha value is -2.24. The quantitative estimate of drug-likeness (QED) is 0.790. The molecule has 0 saturated carbocycles. The molecule has 2 saturated heterocycles. The van der Waals surface area contributed by atoms with Gasteiger partial charge in [-0.05, 0) is 36.1 Å². The Kier molecular flexibility index (Phi) is 5.50. The normalized spacial score (nSPS) is 24.9. The van der Waals surface area contributed by atoms with Crippen molar-refractivity contribution < 1.29 is 9.53 Å². The minimum atomic E-state index is 0.112. The van der Waals surface area contributed by atoms with Crippen LogP contribution in [0.2, 0.25) is 0 Å². The van der Waals surface area contributed by atoms with Gasteiger partial charge >= 0.3 is 0 Å². The van der Waals surface area contributed by atoms with Crippen LogP contribution in [0.25, 0.3) is 0 Å². The lowest BCUT2D eigenvalue weighted by Crippen LogP contribution is -2.37. The summed E-state index contributed by atoms with van der Waals surface area (Å²) in [6, 6.07) is 14.8. The molecule has 0 unspecified atom stereocenters. The molecular formula is C22H27N3O2. The molecule has 3 heterocycles. The van der Waals surface area contributed by atoms with E-state index in [1.54, 1.807) is 0 Å². The number of likely N-dealkylation sites (tertiary alicyclic amines) is 2. The van der Waals surface area contributed by atoms with Gasteiger partial charge in [0.05, 0.1) is 6.04 Å². The van der Waals surface area contributed by atoms with Crippen LogP contribution in [0, 0.1) is 11.8 Å². The SMILES string of the molecule is CCOCC(=O)N1C[C@@H]2CN(Cc3ccncc3)C[C@@H]2[C@H]1c1ccccc1. The highest BCUT2D eigenvalue weighted by Gasteiger charge is 2.48. The summed E-state index contributed by atoms with van der Waals surface area (Å²) in [4.78, 5) is 21.5. The first-order valence-corrected chi connectivity index (χ1v) is 9.79. The number of benzene rings is 1. The van der Waals surface area contributed by atoms with Gasteiger partial charge in [0.1, 0.15) is 6.61 Å². The summed E-state index contributed by atoms with van der Waals surface area (Å²) in [5, 5.41) is 0. The minimum absolute atomic E-state index is 0.112. The van der Waals surface area contributed by atoms with Crippen LogP contribution in [0.15, 0.2) is 54.9 Å². The molecule has 0 radical (unpaired) electrons. The van der Waals surface area contributed by atoms with E-state index < -0.39 is 0 Å². The second kappa shape index (κ2) is 8.19. The maximum absolute atomic E-state index is 12.8. The molecule has 142 valence electrons. The molecule has 1 aromatic heterocycles. The van der Waals surface area contributed by atoms with Crippen molar-refractivity contribution in [1.82, 2.24) is 14.8 Å². The molecule has 4 rings (SSSR count). The molecule has 0 N–H and O–H groups in total. The maximum atomic E-state index is 12.8. The lowest BCUT2D eigenvalue weighted by atomic mass is 9.89. The van der Waals surface area contributed by atoms with E-state index in [4.69, 9.17) is 4.74 Å². The summed E-state index contributed by atoms with van der Waals surface area (Å²) in [6.07, 6.45) is 3.71. The monoisotopic (exact) mass is 365 g/mol. The molecule has 2 fully saturated rings. The largest absolute Gasteiger partial charge is 0.372 e. The average molecular weight is 365 g/mol. The number of ether oxygens (including phenoxy) is 1. The fraction of sp³-hybridized carbons (Fsp3) is 0.455. The molecule has 2 aliphatic heterocycles. The third kappa shape index (κ3) is 3.89. The van der Waals surface area contributed by atoms with Crippen molar-refractivity contribution in [3.63, 3.8) is 0 Å². The van der Waals surface area contributed by atoms with E-state index in [1.807, 2.05) is 25.4 Å². The van der Waals surface area contributed by atoms with Crippen LogP contribution in [0.1, 0.15) is 24.1 Å². The van der Waals surface area contributed by atoms with Gasteiger partial charge < -0.3 is 9.64 Å². The van der Waals surface area contributed by atoms with Gasteiger partial charge in [0.15, 0.2) is 0 Å². The Morgan fingerprint density at radius 2 is 1.89 bits per heavy atom. The molecular weight excluding hydrogens is 338 g/mol. The molecule has 0 aliphatic carbocycles. The molecule has 5 heteroatoms. The van der Waals surface area contributed by atoms with E-state index in [2.05, 4.69) is 51.2 Å². The van der Waals surface area contributed by atoms with Gasteiger partial charge in [0.25, 0.3) is 0 Å². The van der Waals surface area contributed by atoms with Crippen LogP contribution >= 0.6 is 0 Å². The summed E-state index contributed by atoms with van der Waals surface area (Å²) >= 11 is 0. The first-order chi connectivity index (χ1) is 13.3. The van der Waals surface area contributed by atoms with E-state index in [0.717, 1.165) is 26.2 Å². The van der Waals surface area contributed by atoms with Crippen molar-refractivity contribution in [3.05, 3.63) is 66.0 Å². The number of aromatic nitrogens is 1.